The van der Waals surface area contributed by atoms with Crippen LogP contribution >= 0.6 is 0 Å². The van der Waals surface area contributed by atoms with E-state index in [0.29, 0.717) is 22.5 Å². The molecule has 178 valence electrons. The van der Waals surface area contributed by atoms with Crippen molar-refractivity contribution >= 4 is 34.7 Å². The minimum atomic E-state index is -0.268. The smallest absolute Gasteiger partial charge is 0.339 e. The van der Waals surface area contributed by atoms with Gasteiger partial charge in [-0.25, -0.2) is 19.3 Å². The van der Waals surface area contributed by atoms with Crippen LogP contribution in [0.4, 0.5) is 11.5 Å². The Morgan fingerprint density at radius 1 is 1.18 bits per heavy atom. The number of anilines is 2. The topological polar surface area (TPSA) is 102 Å². The lowest BCUT2D eigenvalue weighted by molar-refractivity contribution is -0.104. The average Bonchev–Trinajstić information content (AvgIpc) is 3.09. The molecule has 0 amide bonds. The number of nitrogen functional groups attached to an aromatic ring is 1. The molecule has 0 unspecified atom stereocenters. The molecule has 1 aromatic carbocycles. The number of benzene rings is 1. The highest BCUT2D eigenvalue weighted by atomic mass is 16.2. The Labute approximate surface area is 195 Å². The van der Waals surface area contributed by atoms with Crippen LogP contribution in [0.25, 0.3) is 22.5 Å². The highest BCUT2D eigenvalue weighted by molar-refractivity contribution is 5.86. The van der Waals surface area contributed by atoms with E-state index >= 15 is 0 Å². The normalized spacial score (nSPS) is 10.4. The second-order valence-corrected chi connectivity index (χ2v) is 7.36. The van der Waals surface area contributed by atoms with Crippen LogP contribution in [-0.2, 0) is 4.79 Å². The molecule has 0 saturated carbocycles. The monoisotopic (exact) mass is 453 g/mol. The number of carbonyl (C=O) groups is 1. The van der Waals surface area contributed by atoms with Gasteiger partial charge >= 0.3 is 5.69 Å². The Hall–Kier alpha value is -3.72. The van der Waals surface area contributed by atoms with Gasteiger partial charge in [-0.15, -0.1) is 0 Å². The summed E-state index contributed by atoms with van der Waals surface area (Å²) >= 11 is 0. The minimum absolute atomic E-state index is 0.248. The third-order valence-corrected chi connectivity index (χ3v) is 4.32. The van der Waals surface area contributed by atoms with Gasteiger partial charge in [0.1, 0.15) is 18.1 Å². The molecular weight excluding hydrogens is 418 g/mol. The van der Waals surface area contributed by atoms with Crippen molar-refractivity contribution in [1.29, 1.82) is 0 Å². The van der Waals surface area contributed by atoms with E-state index in [2.05, 4.69) is 16.5 Å². The Morgan fingerprint density at radius 3 is 2.39 bits per heavy atom. The number of allylic oxidation sites excluding steroid dienone is 2. The number of imidazole rings is 1. The third-order valence-electron chi connectivity index (χ3n) is 4.32. The molecular formula is C24H35N7O2. The van der Waals surface area contributed by atoms with E-state index in [1.807, 2.05) is 82.2 Å². The molecule has 3 aromatic rings. The first kappa shape index (κ1) is 27.3. The van der Waals surface area contributed by atoms with Crippen molar-refractivity contribution in [2.24, 2.45) is 0 Å². The van der Waals surface area contributed by atoms with E-state index in [9.17, 15) is 9.59 Å². The number of rotatable bonds is 6. The quantitative estimate of drug-likeness (QED) is 0.452. The molecule has 0 bridgehead atoms. The molecule has 0 aliphatic rings. The van der Waals surface area contributed by atoms with Gasteiger partial charge in [0, 0.05) is 32.0 Å². The van der Waals surface area contributed by atoms with E-state index in [-0.39, 0.29) is 11.5 Å². The Morgan fingerprint density at radius 2 is 1.85 bits per heavy atom. The van der Waals surface area contributed by atoms with E-state index in [1.165, 1.54) is 21.5 Å². The van der Waals surface area contributed by atoms with Crippen LogP contribution in [0.3, 0.4) is 0 Å². The van der Waals surface area contributed by atoms with Gasteiger partial charge in [-0.05, 0) is 45.3 Å². The van der Waals surface area contributed by atoms with Crippen molar-refractivity contribution < 1.29 is 4.79 Å². The summed E-state index contributed by atoms with van der Waals surface area (Å²) in [5, 5.41) is 0. The van der Waals surface area contributed by atoms with Gasteiger partial charge in [-0.3, -0.25) is 9.36 Å². The first-order valence-electron chi connectivity index (χ1n) is 10.6. The van der Waals surface area contributed by atoms with Crippen molar-refractivity contribution in [3.8, 4) is 5.69 Å². The Balaban J connectivity index is 0.000000464. The number of carbonyl (C=O) groups excluding carboxylic acids is 1. The molecule has 2 N–H and O–H groups in total. The van der Waals surface area contributed by atoms with Gasteiger partial charge in [0.15, 0.2) is 11.5 Å². The van der Waals surface area contributed by atoms with Crippen molar-refractivity contribution in [1.82, 2.24) is 24.0 Å². The van der Waals surface area contributed by atoms with E-state index < -0.39 is 0 Å². The largest absolute Gasteiger partial charge is 0.382 e. The zero-order valence-corrected chi connectivity index (χ0v) is 20.6. The molecule has 0 aliphatic carbocycles. The maximum atomic E-state index is 12.9. The average molecular weight is 454 g/mol. The summed E-state index contributed by atoms with van der Waals surface area (Å²) in [6.07, 6.45) is 5.45. The van der Waals surface area contributed by atoms with Crippen molar-refractivity contribution in [2.45, 2.75) is 20.8 Å². The maximum absolute atomic E-state index is 12.9. The molecule has 2 aromatic heterocycles. The van der Waals surface area contributed by atoms with Crippen molar-refractivity contribution in [3.63, 3.8) is 0 Å². The summed E-state index contributed by atoms with van der Waals surface area (Å²) in [4.78, 5) is 34.8. The Bertz CT molecular complexity index is 1160. The molecule has 0 atom stereocenters. The van der Waals surface area contributed by atoms with Crippen LogP contribution in [0.2, 0.25) is 0 Å². The Kier molecular flexibility index (Phi) is 10.7. The van der Waals surface area contributed by atoms with Gasteiger partial charge in [0.25, 0.3) is 0 Å². The standard InChI is InChI=1S/C16H18N6O.C6H11NO.C2H6/c1-10(2)21-13-14(17)18-9-19-15(13)22(16(21)23)12-7-5-6-11(8-12)20(3)4;1-7(2)5-3-4-6-8;1-2/h5-9H,1H2,2-4H3,(H2,17,18,19);3-4,6H,5H2,1-2H3;1-2H3/b;4-3+;. The number of aromatic nitrogens is 4. The molecule has 9 heteroatoms. The lowest BCUT2D eigenvalue weighted by atomic mass is 10.2. The number of fused-ring (bicyclic) bond motifs is 1. The minimum Gasteiger partial charge on any atom is -0.382 e. The summed E-state index contributed by atoms with van der Waals surface area (Å²) in [7, 11) is 7.79. The summed E-state index contributed by atoms with van der Waals surface area (Å²) in [5.74, 6) is 0.248. The fourth-order valence-electron chi connectivity index (χ4n) is 2.87. The number of nitrogens with zero attached hydrogens (tertiary/aromatic N) is 6. The van der Waals surface area contributed by atoms with Gasteiger partial charge in [0.2, 0.25) is 0 Å². The molecule has 0 fully saturated rings. The summed E-state index contributed by atoms with van der Waals surface area (Å²) in [6, 6.07) is 7.64. The SMILES string of the molecule is C=C(C)n1c(=O)n(-c2cccc(N(C)C)c2)c2ncnc(N)c21.CC.CN(C)C/C=C/C=O. The van der Waals surface area contributed by atoms with E-state index in [1.54, 1.807) is 6.92 Å². The van der Waals surface area contributed by atoms with Crippen LogP contribution in [0.1, 0.15) is 20.8 Å². The molecule has 9 nitrogen and oxygen atoms in total. The molecule has 33 heavy (non-hydrogen) atoms. The molecule has 0 aliphatic heterocycles. The zero-order valence-electron chi connectivity index (χ0n) is 20.6. The van der Waals surface area contributed by atoms with Crippen molar-refractivity contribution in [2.75, 3.05) is 45.4 Å². The predicted molar refractivity (Wildman–Crippen MR) is 138 cm³/mol. The van der Waals surface area contributed by atoms with Gasteiger partial charge in [0.05, 0.1) is 5.69 Å². The molecule has 0 radical (unpaired) electrons. The number of aldehydes is 1. The first-order valence-corrected chi connectivity index (χ1v) is 10.6. The third kappa shape index (κ3) is 6.88. The fraction of sp³-hybridized carbons (Fsp3) is 0.333. The highest BCUT2D eigenvalue weighted by Gasteiger charge is 2.19. The van der Waals surface area contributed by atoms with Gasteiger partial charge in [-0.2, -0.15) is 0 Å². The van der Waals surface area contributed by atoms with E-state index in [0.717, 1.165) is 18.5 Å². The molecule has 0 spiro atoms. The number of nitrogens with two attached hydrogens (primary N) is 1. The fourth-order valence-corrected chi connectivity index (χ4v) is 2.87. The highest BCUT2D eigenvalue weighted by Crippen LogP contribution is 2.23. The van der Waals surface area contributed by atoms with Crippen LogP contribution in [0, 0.1) is 0 Å². The van der Waals surface area contributed by atoms with Gasteiger partial charge < -0.3 is 15.5 Å². The summed E-state index contributed by atoms with van der Waals surface area (Å²) < 4.78 is 2.96. The summed E-state index contributed by atoms with van der Waals surface area (Å²) in [5.41, 5.74) is 8.87. The molecule has 0 saturated heterocycles. The lowest BCUT2D eigenvalue weighted by Crippen LogP contribution is -2.22. The van der Waals surface area contributed by atoms with Gasteiger partial charge in [-0.1, -0.05) is 32.6 Å². The molecule has 2 heterocycles. The number of likely N-dealkylation sites (N-methyl/N-ethyl adjacent to an activating group) is 1. The molecule has 3 rings (SSSR count). The van der Waals surface area contributed by atoms with Crippen LogP contribution < -0.4 is 16.3 Å². The second kappa shape index (κ2) is 13.0. The van der Waals surface area contributed by atoms with E-state index in [4.69, 9.17) is 5.73 Å². The second-order valence-electron chi connectivity index (χ2n) is 7.36. The maximum Gasteiger partial charge on any atom is 0.339 e. The summed E-state index contributed by atoms with van der Waals surface area (Å²) in [6.45, 7) is 10.4. The number of hydrogen-bond donors (Lipinski definition) is 1. The first-order chi connectivity index (χ1) is 15.7. The van der Waals surface area contributed by atoms with Crippen LogP contribution in [-0.4, -0.2) is 65.0 Å². The van der Waals surface area contributed by atoms with Crippen molar-refractivity contribution in [3.05, 3.63) is 59.8 Å². The van der Waals surface area contributed by atoms with Crippen LogP contribution in [0.15, 0.2) is 54.1 Å². The number of hydrogen-bond acceptors (Lipinski definition) is 7. The zero-order chi connectivity index (χ0) is 25.1. The van der Waals surface area contributed by atoms with Crippen LogP contribution in [0.5, 0.6) is 0 Å². The predicted octanol–water partition coefficient (Wildman–Crippen LogP) is 3.05. The lowest BCUT2D eigenvalue weighted by Gasteiger charge is -2.13.